The van der Waals surface area contributed by atoms with Gasteiger partial charge >= 0.3 is 12.1 Å². The highest BCUT2D eigenvalue weighted by molar-refractivity contribution is 5.82. The average molecular weight is 259 g/mol. The number of esters is 1. The maximum atomic E-state index is 12.0. The van der Waals surface area contributed by atoms with Crippen molar-refractivity contribution in [3.63, 3.8) is 0 Å². The quantitative estimate of drug-likeness (QED) is 0.697. The number of hydrogen-bond donors (Lipinski definition) is 0. The minimum Gasteiger partial charge on any atom is -0.467 e. The summed E-state index contributed by atoms with van der Waals surface area (Å²) in [5.74, 6) is -0.444. The van der Waals surface area contributed by atoms with Gasteiger partial charge in [0, 0.05) is 13.5 Å². The SMILES string of the molecule is COC(=O)[C@@H]1C[C@@H](OC)CN1C(=O)OC(C)(C)C. The Morgan fingerprint density at radius 2 is 1.83 bits per heavy atom. The summed E-state index contributed by atoms with van der Waals surface area (Å²) < 4.78 is 15.1. The standard InChI is InChI=1S/C12H21NO5/c1-12(2,3)18-11(15)13-7-8(16-4)6-9(13)10(14)17-5/h8-9H,6-7H2,1-5H3/t8-,9+/m1/s1. The molecule has 1 saturated heterocycles. The fraction of sp³-hybridized carbons (Fsp3) is 0.833. The van der Waals surface area contributed by atoms with Gasteiger partial charge in [-0.3, -0.25) is 4.90 Å². The highest BCUT2D eigenvalue weighted by Gasteiger charge is 2.42. The fourth-order valence-electron chi connectivity index (χ4n) is 1.85. The van der Waals surface area contributed by atoms with E-state index in [2.05, 4.69) is 0 Å². The first-order valence-corrected chi connectivity index (χ1v) is 5.88. The Balaban J connectivity index is 2.77. The summed E-state index contributed by atoms with van der Waals surface area (Å²) in [6.45, 7) is 5.68. The molecule has 0 N–H and O–H groups in total. The molecule has 0 aromatic rings. The Morgan fingerprint density at radius 3 is 2.28 bits per heavy atom. The van der Waals surface area contributed by atoms with E-state index < -0.39 is 23.7 Å². The van der Waals surface area contributed by atoms with Crippen LogP contribution in [-0.4, -0.2) is 55.5 Å². The van der Waals surface area contributed by atoms with Crippen LogP contribution in [0.2, 0.25) is 0 Å². The molecule has 1 aliphatic rings. The fourth-order valence-corrected chi connectivity index (χ4v) is 1.85. The second-order valence-corrected chi connectivity index (χ2v) is 5.27. The van der Waals surface area contributed by atoms with Gasteiger partial charge in [-0.15, -0.1) is 0 Å². The summed E-state index contributed by atoms with van der Waals surface area (Å²) in [6.07, 6.45) is -0.248. The predicted molar refractivity (Wildman–Crippen MR) is 64.2 cm³/mol. The molecule has 104 valence electrons. The molecule has 6 nitrogen and oxygen atoms in total. The Hall–Kier alpha value is -1.30. The lowest BCUT2D eigenvalue weighted by atomic mass is 10.2. The van der Waals surface area contributed by atoms with Gasteiger partial charge in [-0.1, -0.05) is 0 Å². The highest BCUT2D eigenvalue weighted by atomic mass is 16.6. The number of hydrogen-bond acceptors (Lipinski definition) is 5. The third kappa shape index (κ3) is 3.60. The second-order valence-electron chi connectivity index (χ2n) is 5.27. The van der Waals surface area contributed by atoms with Crippen LogP contribution in [0, 0.1) is 0 Å². The molecule has 18 heavy (non-hydrogen) atoms. The Labute approximate surface area is 107 Å². The van der Waals surface area contributed by atoms with Crippen molar-refractivity contribution in [2.45, 2.75) is 44.9 Å². The third-order valence-electron chi connectivity index (χ3n) is 2.70. The van der Waals surface area contributed by atoms with E-state index in [-0.39, 0.29) is 6.10 Å². The minimum atomic E-state index is -0.630. The molecule has 0 saturated carbocycles. The van der Waals surface area contributed by atoms with Gasteiger partial charge in [-0.2, -0.15) is 0 Å². The van der Waals surface area contributed by atoms with Gasteiger partial charge in [-0.05, 0) is 20.8 Å². The normalized spacial score (nSPS) is 23.9. The van der Waals surface area contributed by atoms with Crippen LogP contribution >= 0.6 is 0 Å². The summed E-state index contributed by atoms with van der Waals surface area (Å²) in [5, 5.41) is 0. The molecule has 1 amide bonds. The molecule has 1 heterocycles. The molecule has 1 fully saturated rings. The van der Waals surface area contributed by atoms with Gasteiger partial charge in [0.1, 0.15) is 11.6 Å². The molecule has 1 rings (SSSR count). The summed E-state index contributed by atoms with van der Waals surface area (Å²) in [5.41, 5.74) is -0.594. The zero-order valence-corrected chi connectivity index (χ0v) is 11.6. The van der Waals surface area contributed by atoms with Crippen LogP contribution in [0.15, 0.2) is 0 Å². The monoisotopic (exact) mass is 259 g/mol. The number of carbonyl (C=O) groups is 2. The van der Waals surface area contributed by atoms with Gasteiger partial charge in [-0.25, -0.2) is 9.59 Å². The predicted octanol–water partition coefficient (Wildman–Crippen LogP) is 1.18. The van der Waals surface area contributed by atoms with Crippen molar-refractivity contribution in [2.24, 2.45) is 0 Å². The van der Waals surface area contributed by atoms with Crippen LogP contribution in [0.25, 0.3) is 0 Å². The Morgan fingerprint density at radius 1 is 1.22 bits per heavy atom. The van der Waals surface area contributed by atoms with Crippen molar-refractivity contribution in [3.05, 3.63) is 0 Å². The molecule has 0 radical (unpaired) electrons. The first kappa shape index (κ1) is 14.8. The lowest BCUT2D eigenvalue weighted by Crippen LogP contribution is -2.44. The number of carbonyl (C=O) groups excluding carboxylic acids is 2. The first-order valence-electron chi connectivity index (χ1n) is 5.88. The van der Waals surface area contributed by atoms with Crippen molar-refractivity contribution in [1.82, 2.24) is 4.90 Å². The van der Waals surface area contributed by atoms with Gasteiger partial charge in [0.05, 0.1) is 19.8 Å². The number of methoxy groups -OCH3 is 2. The van der Waals surface area contributed by atoms with Crippen LogP contribution in [0.4, 0.5) is 4.79 Å². The summed E-state index contributed by atoms with van der Waals surface area (Å²) in [7, 11) is 2.85. The molecule has 0 aliphatic carbocycles. The van der Waals surface area contributed by atoms with E-state index in [9.17, 15) is 9.59 Å². The number of likely N-dealkylation sites (tertiary alicyclic amines) is 1. The van der Waals surface area contributed by atoms with E-state index in [4.69, 9.17) is 14.2 Å². The van der Waals surface area contributed by atoms with E-state index in [1.807, 2.05) is 0 Å². The maximum absolute atomic E-state index is 12.0. The van der Waals surface area contributed by atoms with Crippen molar-refractivity contribution < 1.29 is 23.8 Å². The third-order valence-corrected chi connectivity index (χ3v) is 2.70. The second kappa shape index (κ2) is 5.56. The molecule has 0 spiro atoms. The van der Waals surface area contributed by atoms with Crippen LogP contribution in [-0.2, 0) is 19.0 Å². The lowest BCUT2D eigenvalue weighted by Gasteiger charge is -2.27. The van der Waals surface area contributed by atoms with Crippen LogP contribution in [0.5, 0.6) is 0 Å². The van der Waals surface area contributed by atoms with Crippen LogP contribution in [0.1, 0.15) is 27.2 Å². The van der Waals surface area contributed by atoms with Crippen molar-refractivity contribution in [1.29, 1.82) is 0 Å². The van der Waals surface area contributed by atoms with Gasteiger partial charge in [0.2, 0.25) is 0 Å². The molecular formula is C12H21NO5. The number of rotatable bonds is 2. The van der Waals surface area contributed by atoms with Crippen molar-refractivity contribution in [2.75, 3.05) is 20.8 Å². The minimum absolute atomic E-state index is 0.165. The molecule has 2 atom stereocenters. The van der Waals surface area contributed by atoms with Crippen molar-refractivity contribution >= 4 is 12.1 Å². The number of ether oxygens (including phenoxy) is 3. The largest absolute Gasteiger partial charge is 0.467 e. The Kier molecular flexibility index (Phi) is 4.56. The van der Waals surface area contributed by atoms with Gasteiger partial charge < -0.3 is 14.2 Å². The molecule has 0 bridgehead atoms. The molecule has 0 aromatic carbocycles. The summed E-state index contributed by atoms with van der Waals surface area (Å²) >= 11 is 0. The van der Waals surface area contributed by atoms with E-state index in [1.54, 1.807) is 27.9 Å². The maximum Gasteiger partial charge on any atom is 0.411 e. The first-order chi connectivity index (χ1) is 8.28. The zero-order valence-electron chi connectivity index (χ0n) is 11.6. The van der Waals surface area contributed by atoms with Crippen LogP contribution < -0.4 is 0 Å². The summed E-state index contributed by atoms with van der Waals surface area (Å²) in [6, 6.07) is -0.630. The molecule has 0 aromatic heterocycles. The molecule has 6 heteroatoms. The molecular weight excluding hydrogens is 238 g/mol. The number of amides is 1. The lowest BCUT2D eigenvalue weighted by molar-refractivity contribution is -0.145. The van der Waals surface area contributed by atoms with E-state index >= 15 is 0 Å². The smallest absolute Gasteiger partial charge is 0.411 e. The summed E-state index contributed by atoms with van der Waals surface area (Å²) in [4.78, 5) is 25.0. The highest BCUT2D eigenvalue weighted by Crippen LogP contribution is 2.23. The Bertz CT molecular complexity index is 323. The van der Waals surface area contributed by atoms with Gasteiger partial charge in [0.15, 0.2) is 0 Å². The van der Waals surface area contributed by atoms with E-state index in [0.717, 1.165) is 0 Å². The average Bonchev–Trinajstić information content (AvgIpc) is 2.69. The molecule has 1 aliphatic heterocycles. The van der Waals surface area contributed by atoms with Crippen molar-refractivity contribution in [3.8, 4) is 0 Å². The topological polar surface area (TPSA) is 65.1 Å². The van der Waals surface area contributed by atoms with Gasteiger partial charge in [0.25, 0.3) is 0 Å². The molecule has 0 unspecified atom stereocenters. The van der Waals surface area contributed by atoms with Crippen LogP contribution in [0.3, 0.4) is 0 Å². The van der Waals surface area contributed by atoms with E-state index in [1.165, 1.54) is 12.0 Å². The van der Waals surface area contributed by atoms with E-state index in [0.29, 0.717) is 13.0 Å². The number of nitrogens with zero attached hydrogens (tertiary/aromatic N) is 1. The zero-order chi connectivity index (χ0) is 13.9.